The second-order valence-electron chi connectivity index (χ2n) is 8.94. The number of fused-ring (bicyclic) bond motifs is 3. The molecule has 138 valence electrons. The first kappa shape index (κ1) is 17.6. The number of benzene rings is 2. The summed E-state index contributed by atoms with van der Waals surface area (Å²) in [5.41, 5.74) is 2.23. The van der Waals surface area contributed by atoms with Gasteiger partial charge in [0.15, 0.2) is 0 Å². The maximum Gasteiger partial charge on any atom is 0.129 e. The van der Waals surface area contributed by atoms with Crippen LogP contribution in [0.15, 0.2) is 42.5 Å². The predicted molar refractivity (Wildman–Crippen MR) is 107 cm³/mol. The highest BCUT2D eigenvalue weighted by molar-refractivity contribution is 6.79. The Morgan fingerprint density at radius 2 is 1.50 bits per heavy atom. The zero-order valence-corrected chi connectivity index (χ0v) is 17.5. The minimum Gasteiger partial charge on any atom is -0.496 e. The topological polar surface area (TPSA) is 38.7 Å². The molecule has 2 aliphatic carbocycles. The fraction of sp³-hybridized carbons (Fsp3) is 0.455. The Bertz CT molecular complexity index is 850. The van der Waals surface area contributed by atoms with E-state index in [1.807, 2.05) is 24.3 Å². The zero-order chi connectivity index (χ0) is 18.9. The summed E-state index contributed by atoms with van der Waals surface area (Å²) in [6.07, 6.45) is 0. The second kappa shape index (κ2) is 5.36. The number of hydrogen-bond donors (Lipinski definition) is 1. The molecule has 0 amide bonds. The van der Waals surface area contributed by atoms with E-state index in [0.29, 0.717) is 23.0 Å². The third-order valence-electron chi connectivity index (χ3n) is 6.70. The molecule has 1 N–H and O–H groups in total. The monoisotopic (exact) mass is 368 g/mol. The van der Waals surface area contributed by atoms with Crippen molar-refractivity contribution in [2.75, 3.05) is 14.2 Å². The van der Waals surface area contributed by atoms with Gasteiger partial charge < -0.3 is 14.6 Å². The van der Waals surface area contributed by atoms with E-state index in [9.17, 15) is 5.11 Å². The Morgan fingerprint density at radius 1 is 0.923 bits per heavy atom. The lowest BCUT2D eigenvalue weighted by Gasteiger charge is -2.38. The predicted octanol–water partition coefficient (Wildman–Crippen LogP) is 4.77. The van der Waals surface area contributed by atoms with Gasteiger partial charge in [0.2, 0.25) is 0 Å². The Hall–Kier alpha value is -1.78. The molecule has 4 heteroatoms. The summed E-state index contributed by atoms with van der Waals surface area (Å²) in [5, 5.41) is 12.4. The number of ether oxygens (including phenoxy) is 2. The Kier molecular flexibility index (Phi) is 3.64. The molecule has 0 radical (unpaired) electrons. The highest BCUT2D eigenvalue weighted by atomic mass is 28.3. The molecule has 0 saturated heterocycles. The summed E-state index contributed by atoms with van der Waals surface area (Å²) < 4.78 is 11.4. The first-order valence-electron chi connectivity index (χ1n) is 9.26. The van der Waals surface area contributed by atoms with Gasteiger partial charge in [0.05, 0.1) is 19.8 Å². The number of rotatable bonds is 4. The minimum atomic E-state index is -1.48. The zero-order valence-electron chi connectivity index (χ0n) is 16.5. The molecule has 0 bridgehead atoms. The third kappa shape index (κ3) is 1.92. The minimum absolute atomic E-state index is 0.233. The van der Waals surface area contributed by atoms with E-state index in [1.165, 1.54) is 5.56 Å². The smallest absolute Gasteiger partial charge is 0.129 e. The maximum absolute atomic E-state index is 12.4. The van der Waals surface area contributed by atoms with Gasteiger partial charge in [-0.2, -0.15) is 0 Å². The first-order valence-corrected chi connectivity index (χ1v) is 12.8. The van der Waals surface area contributed by atoms with Crippen molar-refractivity contribution in [3.05, 3.63) is 59.2 Å². The molecule has 2 aliphatic rings. The van der Waals surface area contributed by atoms with Gasteiger partial charge in [-0.1, -0.05) is 56.9 Å². The highest BCUT2D eigenvalue weighted by Gasteiger charge is 2.80. The van der Waals surface area contributed by atoms with Crippen molar-refractivity contribution in [3.8, 4) is 11.5 Å². The average Bonchev–Trinajstić information content (AvgIpc) is 3.23. The van der Waals surface area contributed by atoms with Crippen LogP contribution in [0.4, 0.5) is 0 Å². The van der Waals surface area contributed by atoms with Crippen LogP contribution in [0.5, 0.6) is 11.5 Å². The molecule has 4 rings (SSSR count). The third-order valence-corrected chi connectivity index (χ3v) is 9.50. The quantitative estimate of drug-likeness (QED) is 0.791. The first-order chi connectivity index (χ1) is 12.2. The molecule has 3 nitrogen and oxygen atoms in total. The van der Waals surface area contributed by atoms with Crippen LogP contribution in [-0.4, -0.2) is 27.4 Å². The summed E-state index contributed by atoms with van der Waals surface area (Å²) in [7, 11) is 1.84. The molecule has 26 heavy (non-hydrogen) atoms. The Morgan fingerprint density at radius 3 is 2.04 bits per heavy atom. The molecule has 0 spiro atoms. The van der Waals surface area contributed by atoms with E-state index in [4.69, 9.17) is 9.47 Å². The van der Waals surface area contributed by atoms with E-state index in [0.717, 1.165) is 11.1 Å². The van der Waals surface area contributed by atoms with Crippen LogP contribution in [0, 0.1) is 5.41 Å². The van der Waals surface area contributed by atoms with Crippen molar-refractivity contribution >= 4 is 8.07 Å². The van der Waals surface area contributed by atoms with E-state index in [-0.39, 0.29) is 5.41 Å². The lowest BCUT2D eigenvalue weighted by Crippen LogP contribution is -2.39. The van der Waals surface area contributed by atoms with Gasteiger partial charge in [-0.15, -0.1) is 0 Å². The summed E-state index contributed by atoms with van der Waals surface area (Å²) >= 11 is 0. The maximum atomic E-state index is 12.4. The van der Waals surface area contributed by atoms with Gasteiger partial charge in [0.1, 0.15) is 17.1 Å². The van der Waals surface area contributed by atoms with Crippen LogP contribution < -0.4 is 9.47 Å². The van der Waals surface area contributed by atoms with E-state index in [2.05, 4.69) is 44.8 Å². The van der Waals surface area contributed by atoms with Crippen molar-refractivity contribution in [1.82, 2.24) is 0 Å². The normalized spacial score (nSPS) is 32.0. The average molecular weight is 369 g/mol. The van der Waals surface area contributed by atoms with Crippen LogP contribution in [0.3, 0.4) is 0 Å². The summed E-state index contributed by atoms with van der Waals surface area (Å²) in [6, 6.07) is 14.1. The van der Waals surface area contributed by atoms with Crippen molar-refractivity contribution in [2.24, 2.45) is 5.41 Å². The van der Waals surface area contributed by atoms with Gasteiger partial charge in [-0.25, -0.2) is 0 Å². The Balaban J connectivity index is 2.04. The second-order valence-corrected chi connectivity index (χ2v) is 14.3. The summed E-state index contributed by atoms with van der Waals surface area (Å²) in [4.78, 5) is 0. The molecule has 1 saturated carbocycles. The van der Waals surface area contributed by atoms with Gasteiger partial charge in [-0.05, 0) is 34.7 Å². The van der Waals surface area contributed by atoms with Crippen molar-refractivity contribution in [1.29, 1.82) is 0 Å². The van der Waals surface area contributed by atoms with E-state index in [1.54, 1.807) is 14.2 Å². The number of hydrogen-bond acceptors (Lipinski definition) is 3. The van der Waals surface area contributed by atoms with E-state index >= 15 is 0 Å². The van der Waals surface area contributed by atoms with Crippen molar-refractivity contribution in [3.63, 3.8) is 0 Å². The lowest BCUT2D eigenvalue weighted by molar-refractivity contribution is 0.0119. The van der Waals surface area contributed by atoms with Crippen LogP contribution in [0.25, 0.3) is 0 Å². The van der Waals surface area contributed by atoms with Crippen molar-refractivity contribution < 1.29 is 14.6 Å². The van der Waals surface area contributed by atoms with Crippen molar-refractivity contribution in [2.45, 2.75) is 43.6 Å². The molecule has 2 aromatic rings. The van der Waals surface area contributed by atoms with Crippen LogP contribution >= 0.6 is 0 Å². The van der Waals surface area contributed by atoms with Gasteiger partial charge in [-0.3, -0.25) is 0 Å². The fourth-order valence-corrected chi connectivity index (χ4v) is 9.48. The van der Waals surface area contributed by atoms with Gasteiger partial charge in [0.25, 0.3) is 0 Å². The van der Waals surface area contributed by atoms with Gasteiger partial charge in [0, 0.05) is 13.5 Å². The molecule has 1 unspecified atom stereocenters. The van der Waals surface area contributed by atoms with Gasteiger partial charge >= 0.3 is 0 Å². The molecule has 2 aromatic carbocycles. The van der Waals surface area contributed by atoms with Crippen LogP contribution in [-0.2, 0) is 5.60 Å². The molecule has 1 fully saturated rings. The Labute approximate surface area is 157 Å². The number of aliphatic hydroxyl groups is 1. The summed E-state index contributed by atoms with van der Waals surface area (Å²) in [5.74, 6) is 1.76. The standard InChI is InChI=1S/C22H28O3Si/c1-21-18(20(21)26(4,5)6)14-10-7-8-11-15(14)22(21,23)19-16(24-2)12-9-13-17(19)25-3/h7-13,18,20,23H,1-6H3/t18?,20-,21-,22+/m1/s1. The van der Waals surface area contributed by atoms with Crippen LogP contribution in [0.1, 0.15) is 29.5 Å². The largest absolute Gasteiger partial charge is 0.496 e. The molecular formula is C22H28O3Si. The number of methoxy groups -OCH3 is 2. The molecule has 0 aromatic heterocycles. The molecular weight excluding hydrogens is 340 g/mol. The van der Waals surface area contributed by atoms with Crippen LogP contribution in [0.2, 0.25) is 25.2 Å². The molecule has 0 heterocycles. The summed E-state index contributed by atoms with van der Waals surface area (Å²) in [6.45, 7) is 9.48. The molecule has 4 atom stereocenters. The fourth-order valence-electron chi connectivity index (χ4n) is 5.86. The highest BCUT2D eigenvalue weighted by Crippen LogP contribution is 2.85. The van der Waals surface area contributed by atoms with E-state index < -0.39 is 13.7 Å². The molecule has 0 aliphatic heterocycles. The SMILES string of the molecule is COc1cccc(OC)c1[C@@]1(O)c2ccccc2C2[C@@H]([Si](C)(C)C)[C@@]21C. The lowest BCUT2D eigenvalue weighted by atomic mass is 9.76.